The molecule has 1 saturated carbocycles. The fraction of sp³-hybridized carbons (Fsp3) is 0.875. The maximum absolute atomic E-state index is 12.4. The number of nitrogens with one attached hydrogen (secondary N) is 1. The molecule has 0 radical (unpaired) electrons. The Bertz CT molecular complexity index is 353. The molecule has 1 unspecified atom stereocenters. The van der Waals surface area contributed by atoms with Crippen LogP contribution in [0.3, 0.4) is 0 Å². The van der Waals surface area contributed by atoms with Crippen molar-refractivity contribution < 1.29 is 14.7 Å². The van der Waals surface area contributed by atoms with Crippen LogP contribution in [-0.4, -0.2) is 41.1 Å². The lowest BCUT2D eigenvalue weighted by Crippen LogP contribution is -2.49. The highest BCUT2D eigenvalue weighted by molar-refractivity contribution is 5.74. The summed E-state index contributed by atoms with van der Waals surface area (Å²) in [6, 6.07) is 0.108. The van der Waals surface area contributed by atoms with Gasteiger partial charge < -0.3 is 15.3 Å². The first-order chi connectivity index (χ1) is 10.2. The maximum Gasteiger partial charge on any atom is 0.317 e. The molecule has 2 fully saturated rings. The molecule has 120 valence electrons. The van der Waals surface area contributed by atoms with Crippen molar-refractivity contribution in [1.82, 2.24) is 10.2 Å². The molecule has 1 saturated heterocycles. The van der Waals surface area contributed by atoms with E-state index in [4.69, 9.17) is 5.11 Å². The molecular weight excluding hydrogens is 268 g/mol. The number of piperidine rings is 1. The van der Waals surface area contributed by atoms with Gasteiger partial charge in [-0.05, 0) is 44.4 Å². The van der Waals surface area contributed by atoms with Gasteiger partial charge in [0.1, 0.15) is 0 Å². The molecular formula is C16H28N2O3. The Hall–Kier alpha value is -1.26. The van der Waals surface area contributed by atoms with Gasteiger partial charge >= 0.3 is 12.0 Å². The molecule has 2 rings (SSSR count). The number of rotatable bonds is 5. The standard InChI is InChI=1S/C16H28N2O3/c19-15(20)10-9-14-8-4-5-11-18(14)16(21)17-12-13-6-2-1-3-7-13/h13-14H,1-12H2,(H,17,21)(H,19,20). The molecule has 0 aromatic rings. The fourth-order valence-electron chi connectivity index (χ4n) is 3.58. The first-order valence-corrected chi connectivity index (χ1v) is 8.43. The van der Waals surface area contributed by atoms with Gasteiger partial charge in [-0.15, -0.1) is 0 Å². The van der Waals surface area contributed by atoms with Crippen LogP contribution in [0.2, 0.25) is 0 Å². The Kier molecular flexibility index (Phi) is 6.33. The maximum atomic E-state index is 12.4. The number of urea groups is 1. The molecule has 0 spiro atoms. The zero-order valence-electron chi connectivity index (χ0n) is 12.9. The third kappa shape index (κ3) is 5.21. The van der Waals surface area contributed by atoms with E-state index < -0.39 is 5.97 Å². The third-order valence-corrected chi connectivity index (χ3v) is 4.85. The molecule has 1 aliphatic heterocycles. The summed E-state index contributed by atoms with van der Waals surface area (Å²) >= 11 is 0. The SMILES string of the molecule is O=C(O)CCC1CCCCN1C(=O)NCC1CCCCC1. The van der Waals surface area contributed by atoms with Crippen LogP contribution in [0.25, 0.3) is 0 Å². The van der Waals surface area contributed by atoms with E-state index in [0.717, 1.165) is 32.4 Å². The average molecular weight is 296 g/mol. The van der Waals surface area contributed by atoms with Gasteiger partial charge in [0.15, 0.2) is 0 Å². The summed E-state index contributed by atoms with van der Waals surface area (Å²) in [6.45, 7) is 1.54. The van der Waals surface area contributed by atoms with E-state index in [2.05, 4.69) is 5.32 Å². The van der Waals surface area contributed by atoms with Crippen molar-refractivity contribution in [3.63, 3.8) is 0 Å². The lowest BCUT2D eigenvalue weighted by molar-refractivity contribution is -0.137. The Labute approximate surface area is 127 Å². The zero-order valence-corrected chi connectivity index (χ0v) is 12.9. The van der Waals surface area contributed by atoms with Crippen LogP contribution in [0.5, 0.6) is 0 Å². The number of hydrogen-bond donors (Lipinski definition) is 2. The highest BCUT2D eigenvalue weighted by Gasteiger charge is 2.27. The fourth-order valence-corrected chi connectivity index (χ4v) is 3.58. The molecule has 2 amide bonds. The Balaban J connectivity index is 1.78. The van der Waals surface area contributed by atoms with Gasteiger partial charge in [-0.2, -0.15) is 0 Å². The smallest absolute Gasteiger partial charge is 0.317 e. The van der Waals surface area contributed by atoms with Gasteiger partial charge in [-0.1, -0.05) is 19.3 Å². The number of nitrogens with zero attached hydrogens (tertiary/aromatic N) is 1. The van der Waals surface area contributed by atoms with E-state index in [1.54, 1.807) is 0 Å². The summed E-state index contributed by atoms with van der Waals surface area (Å²) in [6.07, 6.45) is 10.1. The lowest BCUT2D eigenvalue weighted by atomic mass is 9.89. The highest BCUT2D eigenvalue weighted by Crippen LogP contribution is 2.24. The van der Waals surface area contributed by atoms with E-state index in [-0.39, 0.29) is 18.5 Å². The summed E-state index contributed by atoms with van der Waals surface area (Å²) in [5.41, 5.74) is 0. The largest absolute Gasteiger partial charge is 0.481 e. The second kappa shape index (κ2) is 8.25. The molecule has 21 heavy (non-hydrogen) atoms. The Morgan fingerprint density at radius 1 is 1.05 bits per heavy atom. The molecule has 5 nitrogen and oxygen atoms in total. The van der Waals surface area contributed by atoms with Crippen LogP contribution in [0.1, 0.15) is 64.2 Å². The number of hydrogen-bond acceptors (Lipinski definition) is 2. The summed E-state index contributed by atoms with van der Waals surface area (Å²) in [4.78, 5) is 25.0. The topological polar surface area (TPSA) is 69.6 Å². The molecule has 2 aliphatic rings. The predicted octanol–water partition coefficient (Wildman–Crippen LogP) is 3.00. The summed E-state index contributed by atoms with van der Waals surface area (Å²) < 4.78 is 0. The lowest BCUT2D eigenvalue weighted by Gasteiger charge is -2.36. The third-order valence-electron chi connectivity index (χ3n) is 4.85. The van der Waals surface area contributed by atoms with Gasteiger partial charge in [0.05, 0.1) is 0 Å². The number of carboxylic acids is 1. The minimum Gasteiger partial charge on any atom is -0.481 e. The van der Waals surface area contributed by atoms with Gasteiger partial charge in [0.2, 0.25) is 0 Å². The van der Waals surface area contributed by atoms with Crippen molar-refractivity contribution in [2.75, 3.05) is 13.1 Å². The van der Waals surface area contributed by atoms with Crippen LogP contribution in [0.4, 0.5) is 4.79 Å². The minimum absolute atomic E-state index is 0.00987. The van der Waals surface area contributed by atoms with Crippen LogP contribution < -0.4 is 5.32 Å². The molecule has 1 aliphatic carbocycles. The van der Waals surface area contributed by atoms with E-state index in [1.807, 2.05) is 4.90 Å². The van der Waals surface area contributed by atoms with Crippen LogP contribution in [0, 0.1) is 5.92 Å². The Morgan fingerprint density at radius 3 is 2.48 bits per heavy atom. The van der Waals surface area contributed by atoms with Crippen molar-refractivity contribution in [3.8, 4) is 0 Å². The first kappa shape index (κ1) is 16.1. The quantitative estimate of drug-likeness (QED) is 0.819. The average Bonchev–Trinajstić information content (AvgIpc) is 2.52. The normalized spacial score (nSPS) is 23.8. The van der Waals surface area contributed by atoms with Crippen LogP contribution >= 0.6 is 0 Å². The summed E-state index contributed by atoms with van der Waals surface area (Å²) in [5, 5.41) is 11.9. The second-order valence-electron chi connectivity index (χ2n) is 6.47. The van der Waals surface area contributed by atoms with Crippen molar-refractivity contribution >= 4 is 12.0 Å². The van der Waals surface area contributed by atoms with Gasteiger partial charge in [0, 0.05) is 25.6 Å². The number of carbonyl (C=O) groups is 2. The molecule has 2 N–H and O–H groups in total. The summed E-state index contributed by atoms with van der Waals surface area (Å²) in [7, 11) is 0. The van der Waals surface area contributed by atoms with Crippen LogP contribution in [0.15, 0.2) is 0 Å². The van der Waals surface area contributed by atoms with Gasteiger partial charge in [-0.25, -0.2) is 4.79 Å². The van der Waals surface area contributed by atoms with Crippen molar-refractivity contribution in [3.05, 3.63) is 0 Å². The molecule has 1 atom stereocenters. The van der Waals surface area contributed by atoms with Crippen molar-refractivity contribution in [2.45, 2.75) is 70.3 Å². The van der Waals surface area contributed by atoms with Crippen LogP contribution in [-0.2, 0) is 4.79 Å². The Morgan fingerprint density at radius 2 is 1.76 bits per heavy atom. The molecule has 0 aromatic carbocycles. The molecule has 1 heterocycles. The molecule has 5 heteroatoms. The minimum atomic E-state index is -0.775. The number of aliphatic carboxylic acids is 1. The number of likely N-dealkylation sites (tertiary alicyclic amines) is 1. The predicted molar refractivity (Wildman–Crippen MR) is 81.2 cm³/mol. The number of amides is 2. The number of carboxylic acid groups (broad SMARTS) is 1. The van der Waals surface area contributed by atoms with Gasteiger partial charge in [-0.3, -0.25) is 4.79 Å². The molecule has 0 aromatic heterocycles. The van der Waals surface area contributed by atoms with E-state index >= 15 is 0 Å². The summed E-state index contributed by atoms with van der Waals surface area (Å²) in [5.74, 6) is -0.145. The van der Waals surface area contributed by atoms with E-state index in [0.29, 0.717) is 12.3 Å². The van der Waals surface area contributed by atoms with Crippen molar-refractivity contribution in [1.29, 1.82) is 0 Å². The first-order valence-electron chi connectivity index (χ1n) is 8.43. The van der Waals surface area contributed by atoms with Gasteiger partial charge in [0.25, 0.3) is 0 Å². The zero-order chi connectivity index (χ0) is 15.1. The van der Waals surface area contributed by atoms with E-state index in [9.17, 15) is 9.59 Å². The molecule has 0 bridgehead atoms. The van der Waals surface area contributed by atoms with Crippen molar-refractivity contribution in [2.24, 2.45) is 5.92 Å². The highest BCUT2D eigenvalue weighted by atomic mass is 16.4. The van der Waals surface area contributed by atoms with E-state index in [1.165, 1.54) is 32.1 Å². The second-order valence-corrected chi connectivity index (χ2v) is 6.47. The monoisotopic (exact) mass is 296 g/mol. The number of carbonyl (C=O) groups excluding carboxylic acids is 1.